The van der Waals surface area contributed by atoms with E-state index in [1.165, 1.54) is 0 Å². The minimum atomic E-state index is -4.29. The van der Waals surface area contributed by atoms with Gasteiger partial charge in [0.2, 0.25) is 0 Å². The summed E-state index contributed by atoms with van der Waals surface area (Å²) in [6, 6.07) is 0. The number of hydrogen-bond acceptors (Lipinski definition) is 3. The Kier molecular flexibility index (Phi) is 2.25. The van der Waals surface area contributed by atoms with E-state index in [-0.39, 0.29) is 5.82 Å². The molecule has 66 valence electrons. The summed E-state index contributed by atoms with van der Waals surface area (Å²) < 4.78 is 36.1. The van der Waals surface area contributed by atoms with Crippen molar-refractivity contribution in [3.8, 4) is 0 Å². The zero-order valence-electron chi connectivity index (χ0n) is 6.21. The molecule has 0 N–H and O–H groups in total. The lowest BCUT2D eigenvalue weighted by molar-refractivity contribution is -0.147. The van der Waals surface area contributed by atoms with E-state index in [4.69, 9.17) is 0 Å². The lowest BCUT2D eigenvalue weighted by Gasteiger charge is -2.12. The van der Waals surface area contributed by atoms with Crippen molar-refractivity contribution < 1.29 is 13.2 Å². The van der Waals surface area contributed by atoms with E-state index in [2.05, 4.69) is 15.0 Å². The zero-order valence-corrected chi connectivity index (χ0v) is 6.21. The first-order chi connectivity index (χ1) is 5.52. The molecule has 0 aliphatic heterocycles. The van der Waals surface area contributed by atoms with Crippen LogP contribution in [0.4, 0.5) is 13.2 Å². The third-order valence-electron chi connectivity index (χ3n) is 1.39. The van der Waals surface area contributed by atoms with Crippen LogP contribution in [0.1, 0.15) is 18.7 Å². The van der Waals surface area contributed by atoms with Gasteiger partial charge in [-0.1, -0.05) is 0 Å². The summed E-state index contributed by atoms with van der Waals surface area (Å²) in [7, 11) is 0. The van der Waals surface area contributed by atoms with Gasteiger partial charge in [-0.25, -0.2) is 15.0 Å². The minimum Gasteiger partial charge on any atom is -0.225 e. The first-order valence-electron chi connectivity index (χ1n) is 3.20. The van der Waals surface area contributed by atoms with Crippen molar-refractivity contribution in [3.63, 3.8) is 0 Å². The molecule has 1 rings (SSSR count). The van der Waals surface area contributed by atoms with Crippen molar-refractivity contribution in [1.29, 1.82) is 0 Å². The Labute approximate surface area is 66.7 Å². The lowest BCUT2D eigenvalue weighted by Crippen LogP contribution is -2.19. The summed E-state index contributed by atoms with van der Waals surface area (Å²) in [6.45, 7) is 1.01. The fraction of sp³-hybridized carbons (Fsp3) is 0.500. The molecule has 0 amide bonds. The lowest BCUT2D eigenvalue weighted by atomic mass is 10.1. The Morgan fingerprint density at radius 2 is 1.75 bits per heavy atom. The van der Waals surface area contributed by atoms with Gasteiger partial charge < -0.3 is 0 Å². The predicted octanol–water partition coefficient (Wildman–Crippen LogP) is 1.54. The molecule has 1 heterocycles. The van der Waals surface area contributed by atoms with Gasteiger partial charge >= 0.3 is 6.18 Å². The highest BCUT2D eigenvalue weighted by atomic mass is 19.4. The highest BCUT2D eigenvalue weighted by molar-refractivity contribution is 4.94. The maximum Gasteiger partial charge on any atom is 0.398 e. The molecule has 0 fully saturated rings. The maximum atomic E-state index is 12.0. The second-order valence-corrected chi connectivity index (χ2v) is 2.26. The van der Waals surface area contributed by atoms with Crippen molar-refractivity contribution in [2.75, 3.05) is 0 Å². The molecule has 0 radical (unpaired) electrons. The van der Waals surface area contributed by atoms with Crippen LogP contribution in [0.5, 0.6) is 0 Å². The smallest absolute Gasteiger partial charge is 0.225 e. The van der Waals surface area contributed by atoms with E-state index in [1.54, 1.807) is 0 Å². The molecule has 1 unspecified atom stereocenters. The third kappa shape index (κ3) is 1.90. The van der Waals surface area contributed by atoms with Crippen LogP contribution in [-0.4, -0.2) is 21.1 Å². The Morgan fingerprint density at radius 1 is 1.25 bits per heavy atom. The van der Waals surface area contributed by atoms with Crippen LogP contribution in [-0.2, 0) is 0 Å². The molecular weight excluding hydrogens is 171 g/mol. The van der Waals surface area contributed by atoms with E-state index < -0.39 is 12.1 Å². The van der Waals surface area contributed by atoms with Crippen LogP contribution in [0.25, 0.3) is 0 Å². The average molecular weight is 177 g/mol. The quantitative estimate of drug-likeness (QED) is 0.653. The summed E-state index contributed by atoms with van der Waals surface area (Å²) in [6.07, 6.45) is -2.20. The van der Waals surface area contributed by atoms with Gasteiger partial charge in [0.15, 0.2) is 0 Å². The molecule has 6 heteroatoms. The second kappa shape index (κ2) is 3.04. The molecule has 3 nitrogen and oxygen atoms in total. The van der Waals surface area contributed by atoms with Crippen molar-refractivity contribution >= 4 is 0 Å². The molecule has 0 spiro atoms. The Balaban J connectivity index is 2.86. The highest BCUT2D eigenvalue weighted by Crippen LogP contribution is 2.31. The van der Waals surface area contributed by atoms with Crippen molar-refractivity contribution in [2.45, 2.75) is 19.0 Å². The van der Waals surface area contributed by atoms with Gasteiger partial charge in [-0.3, -0.25) is 0 Å². The maximum absolute atomic E-state index is 12.0. The van der Waals surface area contributed by atoms with Crippen LogP contribution in [0, 0.1) is 0 Å². The van der Waals surface area contributed by atoms with E-state index >= 15 is 0 Å². The molecule has 1 aromatic rings. The predicted molar refractivity (Wildman–Crippen MR) is 34.3 cm³/mol. The van der Waals surface area contributed by atoms with Crippen molar-refractivity contribution in [1.82, 2.24) is 15.0 Å². The number of rotatable bonds is 1. The van der Waals surface area contributed by atoms with Gasteiger partial charge in [-0.2, -0.15) is 13.2 Å². The molecular formula is C6H6F3N3. The van der Waals surface area contributed by atoms with Crippen molar-refractivity contribution in [2.24, 2.45) is 0 Å². The van der Waals surface area contributed by atoms with Gasteiger partial charge in [-0.15, -0.1) is 0 Å². The van der Waals surface area contributed by atoms with Crippen LogP contribution in [0.3, 0.4) is 0 Å². The molecule has 1 atom stereocenters. The fourth-order valence-corrected chi connectivity index (χ4v) is 0.618. The topological polar surface area (TPSA) is 38.7 Å². The molecule has 0 saturated carbocycles. The minimum absolute atomic E-state index is 0.252. The van der Waals surface area contributed by atoms with Gasteiger partial charge in [0.05, 0.1) is 0 Å². The Hall–Kier alpha value is -1.20. The summed E-state index contributed by atoms with van der Waals surface area (Å²) in [5, 5.41) is 0. The van der Waals surface area contributed by atoms with Gasteiger partial charge in [0, 0.05) is 0 Å². The number of halogens is 3. The monoisotopic (exact) mass is 177 g/mol. The molecule has 0 saturated heterocycles. The van der Waals surface area contributed by atoms with Gasteiger partial charge in [0.1, 0.15) is 24.4 Å². The number of hydrogen-bond donors (Lipinski definition) is 0. The first kappa shape index (κ1) is 8.89. The SMILES string of the molecule is CC(c1ncncn1)C(F)(F)F. The number of aromatic nitrogens is 3. The standard InChI is InChI=1S/C6H6F3N3/c1-4(6(7,8)9)5-11-2-10-3-12-5/h2-4H,1H3. The van der Waals surface area contributed by atoms with E-state index in [0.717, 1.165) is 19.6 Å². The van der Waals surface area contributed by atoms with E-state index in [9.17, 15) is 13.2 Å². The van der Waals surface area contributed by atoms with E-state index in [1.807, 2.05) is 0 Å². The molecule has 0 aromatic carbocycles. The summed E-state index contributed by atoms with van der Waals surface area (Å²) in [4.78, 5) is 10.2. The number of nitrogens with zero attached hydrogens (tertiary/aromatic N) is 3. The van der Waals surface area contributed by atoms with Gasteiger partial charge in [-0.05, 0) is 6.92 Å². The van der Waals surface area contributed by atoms with Gasteiger partial charge in [0.25, 0.3) is 0 Å². The molecule has 12 heavy (non-hydrogen) atoms. The van der Waals surface area contributed by atoms with Crippen LogP contribution >= 0.6 is 0 Å². The highest BCUT2D eigenvalue weighted by Gasteiger charge is 2.38. The molecule has 0 aliphatic carbocycles. The number of alkyl halides is 3. The normalized spacial score (nSPS) is 14.3. The average Bonchev–Trinajstić information content (AvgIpc) is 2.03. The third-order valence-corrected chi connectivity index (χ3v) is 1.39. The Bertz CT molecular complexity index is 246. The van der Waals surface area contributed by atoms with E-state index in [0.29, 0.717) is 0 Å². The summed E-state index contributed by atoms with van der Waals surface area (Å²) in [5.74, 6) is -1.89. The van der Waals surface area contributed by atoms with Crippen LogP contribution < -0.4 is 0 Å². The zero-order chi connectivity index (χ0) is 9.19. The Morgan fingerprint density at radius 3 is 2.17 bits per heavy atom. The largest absolute Gasteiger partial charge is 0.398 e. The van der Waals surface area contributed by atoms with Crippen molar-refractivity contribution in [3.05, 3.63) is 18.5 Å². The van der Waals surface area contributed by atoms with Crippen LogP contribution in [0.2, 0.25) is 0 Å². The molecule has 0 aliphatic rings. The summed E-state index contributed by atoms with van der Waals surface area (Å²) in [5.41, 5.74) is 0. The first-order valence-corrected chi connectivity index (χ1v) is 3.20. The molecule has 0 bridgehead atoms. The molecule has 1 aromatic heterocycles. The second-order valence-electron chi connectivity index (χ2n) is 2.26. The fourth-order valence-electron chi connectivity index (χ4n) is 0.618. The summed E-state index contributed by atoms with van der Waals surface area (Å²) >= 11 is 0. The van der Waals surface area contributed by atoms with Crippen LogP contribution in [0.15, 0.2) is 12.7 Å².